The number of hydrogen-bond acceptors (Lipinski definition) is 4. The molecule has 0 aliphatic heterocycles. The summed E-state index contributed by atoms with van der Waals surface area (Å²) in [4.78, 5) is 24.1. The van der Waals surface area contributed by atoms with E-state index >= 15 is 0 Å². The van der Waals surface area contributed by atoms with Crippen molar-refractivity contribution in [2.45, 2.75) is 38.9 Å². The molecule has 0 N–H and O–H groups in total. The van der Waals surface area contributed by atoms with Crippen LogP contribution in [0.15, 0.2) is 60.7 Å². The quantitative estimate of drug-likeness (QED) is 0.714. The van der Waals surface area contributed by atoms with Crippen LogP contribution in [0.25, 0.3) is 0 Å². The maximum Gasteiger partial charge on any atom is 0.338 e. The van der Waals surface area contributed by atoms with Crippen molar-refractivity contribution in [3.63, 3.8) is 0 Å². The average molecular weight is 326 g/mol. The summed E-state index contributed by atoms with van der Waals surface area (Å²) in [6.45, 7) is 3.74. The molecular weight excluding hydrogens is 304 g/mol. The summed E-state index contributed by atoms with van der Waals surface area (Å²) in [6.07, 6.45) is 0.488. The van der Waals surface area contributed by atoms with Crippen LogP contribution in [0.2, 0.25) is 0 Å². The Hall–Kier alpha value is -2.62. The largest absolute Gasteiger partial charge is 0.459 e. The van der Waals surface area contributed by atoms with Crippen LogP contribution in [0, 0.1) is 0 Å². The van der Waals surface area contributed by atoms with E-state index in [1.165, 1.54) is 0 Å². The van der Waals surface area contributed by atoms with E-state index in [1.807, 2.05) is 19.1 Å². The molecule has 0 bridgehead atoms. The monoisotopic (exact) mass is 326 g/mol. The first-order valence-corrected chi connectivity index (χ1v) is 8.12. The van der Waals surface area contributed by atoms with Crippen molar-refractivity contribution in [1.82, 2.24) is 0 Å². The molecule has 4 heteroatoms. The van der Waals surface area contributed by atoms with Gasteiger partial charge in [0.25, 0.3) is 0 Å². The minimum atomic E-state index is -0.368. The number of carbonyl (C=O) groups excluding carboxylic acids is 2. The topological polar surface area (TPSA) is 52.6 Å². The van der Waals surface area contributed by atoms with Crippen LogP contribution in [0.4, 0.5) is 0 Å². The standard InChI is InChI=1S/C20H22O4/c1-3-18(24-20(22)17-12-8-5-9-13-17)14-15(2)23-19(21)16-10-6-4-7-11-16/h4-13,15,18H,3,14H2,1-2H3. The van der Waals surface area contributed by atoms with Gasteiger partial charge in [0.15, 0.2) is 0 Å². The van der Waals surface area contributed by atoms with Crippen LogP contribution < -0.4 is 0 Å². The Kier molecular flexibility index (Phi) is 6.55. The molecule has 0 radical (unpaired) electrons. The van der Waals surface area contributed by atoms with Crippen molar-refractivity contribution >= 4 is 11.9 Å². The molecule has 4 nitrogen and oxygen atoms in total. The number of rotatable bonds is 7. The van der Waals surface area contributed by atoms with Crippen molar-refractivity contribution in [3.8, 4) is 0 Å². The first-order chi connectivity index (χ1) is 11.6. The first kappa shape index (κ1) is 17.7. The average Bonchev–Trinajstić information content (AvgIpc) is 2.62. The van der Waals surface area contributed by atoms with Gasteiger partial charge >= 0.3 is 11.9 Å². The lowest BCUT2D eigenvalue weighted by Gasteiger charge is -2.20. The SMILES string of the molecule is CCC(CC(C)OC(=O)c1ccccc1)OC(=O)c1ccccc1. The lowest BCUT2D eigenvalue weighted by atomic mass is 10.1. The van der Waals surface area contributed by atoms with Gasteiger partial charge < -0.3 is 9.47 Å². The molecule has 2 rings (SSSR count). The van der Waals surface area contributed by atoms with Crippen LogP contribution in [0.3, 0.4) is 0 Å². The summed E-state index contributed by atoms with van der Waals surface area (Å²) in [5.41, 5.74) is 1.03. The fourth-order valence-corrected chi connectivity index (χ4v) is 2.34. The van der Waals surface area contributed by atoms with Gasteiger partial charge in [-0.3, -0.25) is 0 Å². The Morgan fingerprint density at radius 1 is 0.833 bits per heavy atom. The molecule has 2 aromatic carbocycles. The van der Waals surface area contributed by atoms with Gasteiger partial charge in [-0.05, 0) is 37.6 Å². The molecule has 0 spiro atoms. The zero-order valence-corrected chi connectivity index (χ0v) is 14.0. The van der Waals surface area contributed by atoms with Crippen molar-refractivity contribution in [2.24, 2.45) is 0 Å². The summed E-state index contributed by atoms with van der Waals surface area (Å²) in [5, 5.41) is 0. The lowest BCUT2D eigenvalue weighted by Crippen LogP contribution is -2.25. The normalized spacial score (nSPS) is 12.9. The third-order valence-corrected chi connectivity index (χ3v) is 3.65. The summed E-state index contributed by atoms with van der Waals surface area (Å²) >= 11 is 0. The van der Waals surface area contributed by atoms with Crippen LogP contribution >= 0.6 is 0 Å². The number of benzene rings is 2. The molecule has 2 atom stereocenters. The Labute approximate surface area is 142 Å². The van der Waals surface area contributed by atoms with Gasteiger partial charge in [0.05, 0.1) is 11.1 Å². The van der Waals surface area contributed by atoms with E-state index in [-0.39, 0.29) is 24.1 Å². The van der Waals surface area contributed by atoms with Gasteiger partial charge in [0.1, 0.15) is 12.2 Å². The maximum absolute atomic E-state index is 12.1. The summed E-state index contributed by atoms with van der Waals surface area (Å²) in [7, 11) is 0. The molecule has 126 valence electrons. The van der Waals surface area contributed by atoms with E-state index < -0.39 is 0 Å². The highest BCUT2D eigenvalue weighted by atomic mass is 16.6. The molecule has 2 unspecified atom stereocenters. The molecule has 0 heterocycles. The van der Waals surface area contributed by atoms with Crippen LogP contribution in [0.5, 0.6) is 0 Å². The third kappa shape index (κ3) is 5.23. The van der Waals surface area contributed by atoms with Crippen molar-refractivity contribution in [3.05, 3.63) is 71.8 Å². The zero-order valence-electron chi connectivity index (χ0n) is 14.0. The lowest BCUT2D eigenvalue weighted by molar-refractivity contribution is 0.00281. The van der Waals surface area contributed by atoms with Crippen LogP contribution in [-0.2, 0) is 9.47 Å². The summed E-state index contributed by atoms with van der Waals surface area (Å²) in [6, 6.07) is 17.7. The van der Waals surface area contributed by atoms with Gasteiger partial charge in [-0.25, -0.2) is 9.59 Å². The van der Waals surface area contributed by atoms with Crippen molar-refractivity contribution in [1.29, 1.82) is 0 Å². The highest BCUT2D eigenvalue weighted by Gasteiger charge is 2.20. The van der Waals surface area contributed by atoms with E-state index in [1.54, 1.807) is 55.5 Å². The predicted molar refractivity (Wildman–Crippen MR) is 91.9 cm³/mol. The Bertz CT molecular complexity index is 652. The van der Waals surface area contributed by atoms with Gasteiger partial charge in [-0.2, -0.15) is 0 Å². The Balaban J connectivity index is 1.87. The second-order valence-corrected chi connectivity index (χ2v) is 5.62. The fraction of sp³-hybridized carbons (Fsp3) is 0.300. The van der Waals surface area contributed by atoms with Gasteiger partial charge in [0, 0.05) is 6.42 Å². The van der Waals surface area contributed by atoms with E-state index in [4.69, 9.17) is 9.47 Å². The fourth-order valence-electron chi connectivity index (χ4n) is 2.34. The molecule has 0 aliphatic rings. The highest BCUT2D eigenvalue weighted by molar-refractivity contribution is 5.90. The van der Waals surface area contributed by atoms with Crippen LogP contribution in [-0.4, -0.2) is 24.1 Å². The van der Waals surface area contributed by atoms with Crippen molar-refractivity contribution in [2.75, 3.05) is 0 Å². The second-order valence-electron chi connectivity index (χ2n) is 5.62. The first-order valence-electron chi connectivity index (χ1n) is 8.12. The smallest absolute Gasteiger partial charge is 0.338 e. The number of carbonyl (C=O) groups is 2. The van der Waals surface area contributed by atoms with Gasteiger partial charge in [-0.1, -0.05) is 43.3 Å². The Morgan fingerprint density at radius 3 is 1.75 bits per heavy atom. The molecule has 2 aromatic rings. The minimum absolute atomic E-state index is 0.295. The molecule has 0 aliphatic carbocycles. The highest BCUT2D eigenvalue weighted by Crippen LogP contribution is 2.14. The van der Waals surface area contributed by atoms with E-state index in [0.29, 0.717) is 24.0 Å². The van der Waals surface area contributed by atoms with E-state index in [0.717, 1.165) is 0 Å². The van der Waals surface area contributed by atoms with Crippen LogP contribution in [0.1, 0.15) is 47.4 Å². The zero-order chi connectivity index (χ0) is 17.4. The van der Waals surface area contributed by atoms with E-state index in [2.05, 4.69) is 0 Å². The maximum atomic E-state index is 12.1. The second kappa shape index (κ2) is 8.87. The predicted octanol–water partition coefficient (Wildman–Crippen LogP) is 4.26. The number of esters is 2. The van der Waals surface area contributed by atoms with E-state index in [9.17, 15) is 9.59 Å². The molecule has 0 fully saturated rings. The molecule has 0 amide bonds. The summed E-state index contributed by atoms with van der Waals surface area (Å²) in [5.74, 6) is -0.726. The van der Waals surface area contributed by atoms with Crippen molar-refractivity contribution < 1.29 is 19.1 Å². The van der Waals surface area contributed by atoms with Gasteiger partial charge in [-0.15, -0.1) is 0 Å². The molecule has 24 heavy (non-hydrogen) atoms. The molecule has 0 saturated heterocycles. The molecule has 0 saturated carbocycles. The van der Waals surface area contributed by atoms with Gasteiger partial charge in [0.2, 0.25) is 0 Å². The number of hydrogen-bond donors (Lipinski definition) is 0. The third-order valence-electron chi connectivity index (χ3n) is 3.65. The number of ether oxygens (including phenoxy) is 2. The minimum Gasteiger partial charge on any atom is -0.459 e. The Morgan fingerprint density at radius 2 is 1.29 bits per heavy atom. The molecular formula is C20H22O4. The molecule has 0 aromatic heterocycles. The summed E-state index contributed by atoms with van der Waals surface area (Å²) < 4.78 is 10.9.